The number of aliphatic hydroxyl groups is 1. The van der Waals surface area contributed by atoms with Gasteiger partial charge in [-0.3, -0.25) is 24.0 Å². The third kappa shape index (κ3) is 27.9. The van der Waals surface area contributed by atoms with E-state index < -0.39 is 40.3 Å². The van der Waals surface area contributed by atoms with Gasteiger partial charge in [0, 0.05) is 5.57 Å². The molecule has 0 spiro atoms. The van der Waals surface area contributed by atoms with Gasteiger partial charge in [-0.15, -0.1) is 0 Å². The van der Waals surface area contributed by atoms with Crippen molar-refractivity contribution in [1.29, 1.82) is 0 Å². The van der Waals surface area contributed by atoms with E-state index >= 15 is 0 Å². The van der Waals surface area contributed by atoms with Crippen molar-refractivity contribution in [1.82, 2.24) is 0 Å². The average molecular weight is 903 g/mol. The predicted molar refractivity (Wildman–Crippen MR) is 251 cm³/mol. The molecule has 64 heavy (non-hydrogen) atoms. The predicted octanol–water partition coefficient (Wildman–Crippen LogP) is 10.8. The Kier molecular flexibility index (Phi) is 30.6. The second-order valence-electron chi connectivity index (χ2n) is 18.6. The summed E-state index contributed by atoms with van der Waals surface area (Å²) in [5.41, 5.74) is -0.112. The first kappa shape index (κ1) is 63.2. The molecule has 0 bridgehead atoms. The Morgan fingerprint density at radius 2 is 0.750 bits per heavy atom. The van der Waals surface area contributed by atoms with Crippen LogP contribution >= 0.6 is 0 Å². The SMILES string of the molecule is C=C(C)C(=O)OCC(O)COC(=O)C(C)(C)CC.CCC(C)(C)C(=O)O.CCC(C)(C)C(=O)O.CCC(C)(C)C(=O)OCc1ccccc1.CCC(C)(C)C(=O)OCc1ccccc1. The fourth-order valence-corrected chi connectivity index (χ4v) is 3.28. The minimum Gasteiger partial charge on any atom is -0.481 e. The number of aliphatic carboxylic acids is 2. The van der Waals surface area contributed by atoms with E-state index in [4.69, 9.17) is 29.2 Å². The van der Waals surface area contributed by atoms with Crippen LogP contribution in [-0.2, 0) is 60.9 Å². The first-order chi connectivity index (χ1) is 29.3. The van der Waals surface area contributed by atoms with Crippen molar-refractivity contribution in [3.8, 4) is 0 Å². The summed E-state index contributed by atoms with van der Waals surface area (Å²) in [5.74, 6) is -2.66. The summed E-state index contributed by atoms with van der Waals surface area (Å²) in [5, 5.41) is 26.4. The number of aliphatic hydroxyl groups excluding tert-OH is 1. The maximum atomic E-state index is 11.6. The van der Waals surface area contributed by atoms with Gasteiger partial charge in [-0.1, -0.05) is 102 Å². The number of esters is 4. The summed E-state index contributed by atoms with van der Waals surface area (Å²) >= 11 is 0. The van der Waals surface area contributed by atoms with Gasteiger partial charge in [-0.05, 0) is 119 Å². The third-order valence-corrected chi connectivity index (χ3v) is 10.8. The molecule has 1 unspecified atom stereocenters. The van der Waals surface area contributed by atoms with Gasteiger partial charge in [-0.2, -0.15) is 0 Å². The van der Waals surface area contributed by atoms with Crippen molar-refractivity contribution >= 4 is 35.8 Å². The van der Waals surface area contributed by atoms with E-state index in [1.807, 2.05) is 123 Å². The molecule has 1 atom stereocenters. The normalized spacial score (nSPS) is 11.6. The molecule has 0 fully saturated rings. The number of ether oxygens (including phenoxy) is 4. The molecule has 0 heterocycles. The van der Waals surface area contributed by atoms with Crippen molar-refractivity contribution in [2.75, 3.05) is 13.2 Å². The number of carbonyl (C=O) groups excluding carboxylic acids is 4. The van der Waals surface area contributed by atoms with Gasteiger partial charge in [-0.25, -0.2) is 4.79 Å². The molecule has 0 amide bonds. The molecule has 13 heteroatoms. The Morgan fingerprint density at radius 3 is 0.984 bits per heavy atom. The summed E-state index contributed by atoms with van der Waals surface area (Å²) in [4.78, 5) is 66.4. The average Bonchev–Trinajstić information content (AvgIpc) is 3.26. The van der Waals surface area contributed by atoms with Crippen molar-refractivity contribution < 1.29 is 63.0 Å². The third-order valence-electron chi connectivity index (χ3n) is 10.8. The Morgan fingerprint density at radius 1 is 0.484 bits per heavy atom. The van der Waals surface area contributed by atoms with Gasteiger partial charge in [0.1, 0.15) is 32.5 Å². The molecular formula is C51H82O13. The van der Waals surface area contributed by atoms with Crippen molar-refractivity contribution in [2.45, 2.75) is 162 Å². The molecule has 0 aromatic heterocycles. The Labute approximate surface area is 384 Å². The van der Waals surface area contributed by atoms with Crippen LogP contribution < -0.4 is 0 Å². The van der Waals surface area contributed by atoms with E-state index in [0.29, 0.717) is 32.5 Å². The van der Waals surface area contributed by atoms with Crippen LogP contribution in [0, 0.1) is 27.1 Å². The molecule has 2 rings (SSSR count). The van der Waals surface area contributed by atoms with Crippen molar-refractivity contribution in [3.05, 3.63) is 83.9 Å². The summed E-state index contributed by atoms with van der Waals surface area (Å²) in [7, 11) is 0. The van der Waals surface area contributed by atoms with E-state index in [1.54, 1.807) is 41.5 Å². The fraction of sp³-hybridized carbons (Fsp3) is 0.608. The molecular weight excluding hydrogens is 821 g/mol. The van der Waals surface area contributed by atoms with Gasteiger partial charge in [0.15, 0.2) is 0 Å². The summed E-state index contributed by atoms with van der Waals surface area (Å²) in [6.07, 6.45) is 2.57. The van der Waals surface area contributed by atoms with E-state index in [9.17, 15) is 33.9 Å². The smallest absolute Gasteiger partial charge is 0.333 e. The molecule has 0 aliphatic heterocycles. The highest BCUT2D eigenvalue weighted by molar-refractivity contribution is 5.87. The second-order valence-corrected chi connectivity index (χ2v) is 18.6. The highest BCUT2D eigenvalue weighted by atomic mass is 16.6. The summed E-state index contributed by atoms with van der Waals surface area (Å²) in [6, 6.07) is 19.4. The van der Waals surface area contributed by atoms with Crippen LogP contribution in [0.15, 0.2) is 72.8 Å². The first-order valence-electron chi connectivity index (χ1n) is 21.9. The highest BCUT2D eigenvalue weighted by Crippen LogP contribution is 2.24. The molecule has 13 nitrogen and oxygen atoms in total. The molecule has 0 aliphatic carbocycles. The number of hydrogen-bond donors (Lipinski definition) is 3. The maximum absolute atomic E-state index is 11.6. The van der Waals surface area contributed by atoms with Crippen LogP contribution in [0.2, 0.25) is 0 Å². The molecule has 2 aromatic rings. The molecule has 3 N–H and O–H groups in total. The highest BCUT2D eigenvalue weighted by Gasteiger charge is 2.29. The largest absolute Gasteiger partial charge is 0.481 e. The van der Waals surface area contributed by atoms with Gasteiger partial charge in [0.25, 0.3) is 0 Å². The monoisotopic (exact) mass is 903 g/mol. The van der Waals surface area contributed by atoms with E-state index in [1.165, 1.54) is 6.92 Å². The zero-order valence-electron chi connectivity index (χ0n) is 41.8. The van der Waals surface area contributed by atoms with Crippen LogP contribution in [0.5, 0.6) is 0 Å². The number of carboxylic acids is 2. The van der Waals surface area contributed by atoms with Gasteiger partial charge in [0.05, 0.1) is 27.1 Å². The molecule has 0 aliphatic rings. The van der Waals surface area contributed by atoms with Gasteiger partial charge < -0.3 is 34.3 Å². The topological polar surface area (TPSA) is 200 Å². The van der Waals surface area contributed by atoms with E-state index in [2.05, 4.69) is 6.58 Å². The number of carbonyl (C=O) groups is 6. The quantitative estimate of drug-likeness (QED) is 0.0684. The lowest BCUT2D eigenvalue weighted by Crippen LogP contribution is -2.31. The number of benzene rings is 2. The van der Waals surface area contributed by atoms with Crippen molar-refractivity contribution in [2.24, 2.45) is 27.1 Å². The summed E-state index contributed by atoms with van der Waals surface area (Å²) in [6.45, 7) is 32.9. The Bertz CT molecular complexity index is 1600. The van der Waals surface area contributed by atoms with E-state index in [-0.39, 0.29) is 47.5 Å². The first-order valence-corrected chi connectivity index (χ1v) is 21.9. The lowest BCUT2D eigenvalue weighted by molar-refractivity contribution is -0.159. The standard InChI is InChI=1S/C13H22O5.2C13H18O2.2C6H12O2/c1-6-13(4,5)12(16)18-8-10(14)7-17-11(15)9(2)3;2*1-4-13(2,3)12(14)15-10-11-8-6-5-7-9-11;2*1-4-6(2,3)5(7)8/h10,14H,2,6-8H2,1,3-5H3;2*5-9H,4,10H2,1-3H3;2*4H2,1-3H3,(H,7,8). The lowest BCUT2D eigenvalue weighted by Gasteiger charge is -2.21. The number of hydrogen-bond acceptors (Lipinski definition) is 11. The molecule has 364 valence electrons. The van der Waals surface area contributed by atoms with Crippen molar-refractivity contribution in [3.63, 3.8) is 0 Å². The molecule has 2 aromatic carbocycles. The maximum Gasteiger partial charge on any atom is 0.333 e. The minimum atomic E-state index is -1.02. The fourth-order valence-electron chi connectivity index (χ4n) is 3.28. The number of rotatable bonds is 19. The van der Waals surface area contributed by atoms with Crippen LogP contribution in [0.4, 0.5) is 0 Å². The van der Waals surface area contributed by atoms with Crippen LogP contribution in [-0.4, -0.2) is 70.5 Å². The Hall–Kier alpha value is -5.04. The summed E-state index contributed by atoms with van der Waals surface area (Å²) < 4.78 is 20.2. The molecule has 0 radical (unpaired) electrons. The second kappa shape index (κ2) is 30.9. The van der Waals surface area contributed by atoms with Gasteiger partial charge in [0.2, 0.25) is 0 Å². The number of carboxylic acid groups (broad SMARTS) is 2. The van der Waals surface area contributed by atoms with E-state index in [0.717, 1.165) is 24.0 Å². The van der Waals surface area contributed by atoms with Crippen LogP contribution in [0.25, 0.3) is 0 Å². The lowest BCUT2D eigenvalue weighted by atomic mass is 9.91. The minimum absolute atomic E-state index is 0.131. The zero-order valence-corrected chi connectivity index (χ0v) is 41.8. The van der Waals surface area contributed by atoms with Crippen LogP contribution in [0.3, 0.4) is 0 Å². The zero-order chi connectivity index (χ0) is 50.5. The van der Waals surface area contributed by atoms with Gasteiger partial charge >= 0.3 is 35.8 Å². The molecule has 0 saturated heterocycles. The van der Waals surface area contributed by atoms with Crippen LogP contribution in [0.1, 0.15) is 154 Å². The Balaban J connectivity index is -0.000000751. The molecule has 0 saturated carbocycles.